The molecule has 0 aromatic heterocycles. The molecule has 0 saturated carbocycles. The third-order valence-corrected chi connectivity index (χ3v) is 5.57. The summed E-state index contributed by atoms with van der Waals surface area (Å²) in [4.78, 5) is 14.0. The first-order chi connectivity index (χ1) is 10.1. The summed E-state index contributed by atoms with van der Waals surface area (Å²) in [7, 11) is -3.45. The van der Waals surface area contributed by atoms with E-state index in [1.807, 2.05) is 6.92 Å². The standard InChI is InChI=1S/C15H22N2O3S/c1-2-7-15(18)16-10-6-11-17(13-12-16)21(19,20)14-8-4-3-5-9-14/h3-5,8-9H,2,6-7,10-13H2,1H3. The van der Waals surface area contributed by atoms with E-state index in [9.17, 15) is 13.2 Å². The molecule has 1 aliphatic rings. The lowest BCUT2D eigenvalue weighted by molar-refractivity contribution is -0.131. The van der Waals surface area contributed by atoms with Gasteiger partial charge in [0.2, 0.25) is 15.9 Å². The predicted molar refractivity (Wildman–Crippen MR) is 81.3 cm³/mol. The largest absolute Gasteiger partial charge is 0.341 e. The van der Waals surface area contributed by atoms with Crippen LogP contribution < -0.4 is 0 Å². The summed E-state index contributed by atoms with van der Waals surface area (Å²) < 4.78 is 26.6. The smallest absolute Gasteiger partial charge is 0.243 e. The molecule has 6 heteroatoms. The van der Waals surface area contributed by atoms with Crippen molar-refractivity contribution in [2.45, 2.75) is 31.1 Å². The second kappa shape index (κ2) is 7.04. The maximum atomic E-state index is 12.6. The fourth-order valence-corrected chi connectivity index (χ4v) is 3.99. The molecule has 1 aromatic carbocycles. The molecule has 0 bridgehead atoms. The molecule has 1 saturated heterocycles. The molecule has 1 heterocycles. The van der Waals surface area contributed by atoms with E-state index in [-0.39, 0.29) is 5.91 Å². The molecule has 0 atom stereocenters. The van der Waals surface area contributed by atoms with Gasteiger partial charge in [0.05, 0.1) is 4.90 Å². The summed E-state index contributed by atoms with van der Waals surface area (Å²) in [5, 5.41) is 0. The predicted octanol–water partition coefficient (Wildman–Crippen LogP) is 1.71. The molecule has 1 amide bonds. The monoisotopic (exact) mass is 310 g/mol. The average Bonchev–Trinajstić information content (AvgIpc) is 2.75. The number of benzene rings is 1. The van der Waals surface area contributed by atoms with Gasteiger partial charge >= 0.3 is 0 Å². The molecule has 1 aliphatic heterocycles. The lowest BCUT2D eigenvalue weighted by Gasteiger charge is -2.21. The number of hydrogen-bond acceptors (Lipinski definition) is 3. The van der Waals surface area contributed by atoms with E-state index in [1.54, 1.807) is 35.2 Å². The quantitative estimate of drug-likeness (QED) is 0.850. The molecule has 1 aromatic rings. The summed E-state index contributed by atoms with van der Waals surface area (Å²) in [6.07, 6.45) is 2.04. The highest BCUT2D eigenvalue weighted by Gasteiger charge is 2.27. The Hall–Kier alpha value is -1.40. The molecule has 0 unspecified atom stereocenters. The molecule has 0 N–H and O–H groups in total. The first-order valence-electron chi connectivity index (χ1n) is 7.38. The highest BCUT2D eigenvalue weighted by atomic mass is 32.2. The minimum Gasteiger partial charge on any atom is -0.341 e. The molecule has 0 aliphatic carbocycles. The minimum atomic E-state index is -3.45. The fourth-order valence-electron chi connectivity index (χ4n) is 2.50. The van der Waals surface area contributed by atoms with Crippen LogP contribution in [0.1, 0.15) is 26.2 Å². The Balaban J connectivity index is 2.08. The van der Waals surface area contributed by atoms with Crippen LogP contribution in [-0.4, -0.2) is 49.7 Å². The number of sulfonamides is 1. The third kappa shape index (κ3) is 3.83. The van der Waals surface area contributed by atoms with Gasteiger partial charge in [-0.3, -0.25) is 4.79 Å². The van der Waals surface area contributed by atoms with Gasteiger partial charge in [0.1, 0.15) is 0 Å². The minimum absolute atomic E-state index is 0.122. The first kappa shape index (κ1) is 16.0. The van der Waals surface area contributed by atoms with E-state index in [0.29, 0.717) is 43.9 Å². The summed E-state index contributed by atoms with van der Waals surface area (Å²) >= 11 is 0. The van der Waals surface area contributed by atoms with E-state index in [4.69, 9.17) is 0 Å². The molecular formula is C15H22N2O3S. The number of hydrogen-bond donors (Lipinski definition) is 0. The van der Waals surface area contributed by atoms with Crippen molar-refractivity contribution in [3.05, 3.63) is 30.3 Å². The number of carbonyl (C=O) groups excluding carboxylic acids is 1. The Kier molecular flexibility index (Phi) is 5.36. The number of rotatable bonds is 4. The van der Waals surface area contributed by atoms with Crippen molar-refractivity contribution in [2.24, 2.45) is 0 Å². The van der Waals surface area contributed by atoms with Crippen molar-refractivity contribution in [1.29, 1.82) is 0 Å². The lowest BCUT2D eigenvalue weighted by Crippen LogP contribution is -2.37. The topological polar surface area (TPSA) is 57.7 Å². The third-order valence-electron chi connectivity index (χ3n) is 3.65. The summed E-state index contributed by atoms with van der Waals surface area (Å²) in [5.41, 5.74) is 0. The molecule has 21 heavy (non-hydrogen) atoms. The van der Waals surface area contributed by atoms with Crippen molar-refractivity contribution in [1.82, 2.24) is 9.21 Å². The van der Waals surface area contributed by atoms with Crippen molar-refractivity contribution < 1.29 is 13.2 Å². The number of amides is 1. The zero-order valence-electron chi connectivity index (χ0n) is 12.4. The fraction of sp³-hybridized carbons (Fsp3) is 0.533. The normalized spacial score (nSPS) is 17.5. The van der Waals surface area contributed by atoms with E-state index >= 15 is 0 Å². The van der Waals surface area contributed by atoms with Crippen LogP contribution in [0.15, 0.2) is 35.2 Å². The van der Waals surface area contributed by atoms with Crippen LogP contribution in [0, 0.1) is 0 Å². The second-order valence-corrected chi connectivity index (χ2v) is 7.14. The Morgan fingerprint density at radius 2 is 1.81 bits per heavy atom. The Morgan fingerprint density at radius 3 is 2.48 bits per heavy atom. The van der Waals surface area contributed by atoms with E-state index < -0.39 is 10.0 Å². The van der Waals surface area contributed by atoms with Crippen LogP contribution in [0.3, 0.4) is 0 Å². The zero-order valence-corrected chi connectivity index (χ0v) is 13.2. The van der Waals surface area contributed by atoms with Gasteiger partial charge in [0, 0.05) is 32.6 Å². The summed E-state index contributed by atoms with van der Waals surface area (Å²) in [6, 6.07) is 8.47. The van der Waals surface area contributed by atoms with Gasteiger partial charge in [-0.15, -0.1) is 0 Å². The van der Waals surface area contributed by atoms with Crippen molar-refractivity contribution in [2.75, 3.05) is 26.2 Å². The van der Waals surface area contributed by atoms with Crippen LogP contribution in [0.5, 0.6) is 0 Å². The van der Waals surface area contributed by atoms with Crippen LogP contribution in [0.25, 0.3) is 0 Å². The van der Waals surface area contributed by atoms with E-state index in [0.717, 1.165) is 6.42 Å². The molecular weight excluding hydrogens is 288 g/mol. The molecule has 0 spiro atoms. The highest BCUT2D eigenvalue weighted by molar-refractivity contribution is 7.89. The second-order valence-electron chi connectivity index (χ2n) is 5.20. The van der Waals surface area contributed by atoms with Crippen LogP contribution in [0.2, 0.25) is 0 Å². The Bertz CT molecular complexity index is 572. The molecule has 116 valence electrons. The van der Waals surface area contributed by atoms with E-state index in [1.165, 1.54) is 4.31 Å². The van der Waals surface area contributed by atoms with Crippen LogP contribution in [0.4, 0.5) is 0 Å². The van der Waals surface area contributed by atoms with Gasteiger partial charge in [-0.05, 0) is 25.0 Å². The van der Waals surface area contributed by atoms with Gasteiger partial charge in [-0.1, -0.05) is 25.1 Å². The van der Waals surface area contributed by atoms with Crippen LogP contribution in [-0.2, 0) is 14.8 Å². The van der Waals surface area contributed by atoms with Crippen molar-refractivity contribution in [3.8, 4) is 0 Å². The van der Waals surface area contributed by atoms with E-state index in [2.05, 4.69) is 0 Å². The first-order valence-corrected chi connectivity index (χ1v) is 8.82. The molecule has 2 rings (SSSR count). The highest BCUT2D eigenvalue weighted by Crippen LogP contribution is 2.17. The van der Waals surface area contributed by atoms with Crippen molar-refractivity contribution >= 4 is 15.9 Å². The maximum absolute atomic E-state index is 12.6. The van der Waals surface area contributed by atoms with Gasteiger partial charge in [-0.25, -0.2) is 8.42 Å². The maximum Gasteiger partial charge on any atom is 0.243 e. The number of nitrogens with zero attached hydrogens (tertiary/aromatic N) is 2. The van der Waals surface area contributed by atoms with Crippen molar-refractivity contribution in [3.63, 3.8) is 0 Å². The zero-order chi connectivity index (χ0) is 15.3. The molecule has 1 fully saturated rings. The molecule has 0 radical (unpaired) electrons. The summed E-state index contributed by atoms with van der Waals surface area (Å²) in [6.45, 7) is 3.92. The average molecular weight is 310 g/mol. The van der Waals surface area contributed by atoms with Gasteiger partial charge < -0.3 is 4.90 Å². The SMILES string of the molecule is CCCC(=O)N1CCCN(S(=O)(=O)c2ccccc2)CC1. The Labute approximate surface area is 126 Å². The van der Waals surface area contributed by atoms with Crippen LogP contribution >= 0.6 is 0 Å². The molecule has 5 nitrogen and oxygen atoms in total. The Morgan fingerprint density at radius 1 is 1.10 bits per heavy atom. The number of carbonyl (C=O) groups is 1. The van der Waals surface area contributed by atoms with Gasteiger partial charge in [0.25, 0.3) is 0 Å². The van der Waals surface area contributed by atoms with Gasteiger partial charge in [0.15, 0.2) is 0 Å². The van der Waals surface area contributed by atoms with Gasteiger partial charge in [-0.2, -0.15) is 4.31 Å². The summed E-state index contributed by atoms with van der Waals surface area (Å²) in [5.74, 6) is 0.122. The lowest BCUT2D eigenvalue weighted by atomic mass is 10.3.